The van der Waals surface area contributed by atoms with Crippen molar-refractivity contribution >= 4 is 27.6 Å². The number of hydrogen-bond donors (Lipinski definition) is 1. The fourth-order valence-electron chi connectivity index (χ4n) is 1.85. The van der Waals surface area contributed by atoms with Gasteiger partial charge in [0.15, 0.2) is 0 Å². The molecule has 0 atom stereocenters. The van der Waals surface area contributed by atoms with Crippen molar-refractivity contribution in [3.8, 4) is 0 Å². The van der Waals surface area contributed by atoms with E-state index in [4.69, 9.17) is 16.7 Å². The average Bonchev–Trinajstić information content (AvgIpc) is 3.08. The Morgan fingerprint density at radius 3 is 2.58 bits per heavy atom. The van der Waals surface area contributed by atoms with E-state index >= 15 is 0 Å². The standard InChI is InChI=1S/C12H14ClNO4S/c1-8-2-5-11(10(13)6-8)19(17,18)14(7-12(15)16)9-3-4-9/h2,5-6,9H,3-4,7H2,1H3,(H,15,16). The van der Waals surface area contributed by atoms with Crippen molar-refractivity contribution in [2.24, 2.45) is 0 Å². The maximum Gasteiger partial charge on any atom is 0.318 e. The summed E-state index contributed by atoms with van der Waals surface area (Å²) in [5.74, 6) is -1.17. The second-order valence-electron chi connectivity index (χ2n) is 4.61. The van der Waals surface area contributed by atoms with Crippen LogP contribution >= 0.6 is 11.6 Å². The normalized spacial score (nSPS) is 15.7. The Balaban J connectivity index is 2.41. The van der Waals surface area contributed by atoms with E-state index < -0.39 is 22.5 Å². The minimum atomic E-state index is -3.86. The lowest BCUT2D eigenvalue weighted by Crippen LogP contribution is -2.37. The van der Waals surface area contributed by atoms with Gasteiger partial charge in [-0.2, -0.15) is 4.31 Å². The molecule has 0 bridgehead atoms. The number of nitrogens with zero attached hydrogens (tertiary/aromatic N) is 1. The molecular formula is C12H14ClNO4S. The summed E-state index contributed by atoms with van der Waals surface area (Å²) in [4.78, 5) is 10.8. The number of aryl methyl sites for hydroxylation is 1. The van der Waals surface area contributed by atoms with Gasteiger partial charge in [-0.3, -0.25) is 4.79 Å². The first-order valence-electron chi connectivity index (χ1n) is 5.82. The van der Waals surface area contributed by atoms with Crippen LogP contribution in [0.1, 0.15) is 18.4 Å². The van der Waals surface area contributed by atoms with Crippen LogP contribution in [0.15, 0.2) is 23.1 Å². The molecule has 0 saturated heterocycles. The Morgan fingerprint density at radius 2 is 2.11 bits per heavy atom. The zero-order valence-electron chi connectivity index (χ0n) is 10.3. The summed E-state index contributed by atoms with van der Waals surface area (Å²) in [6, 6.07) is 4.40. The van der Waals surface area contributed by atoms with E-state index in [1.807, 2.05) is 0 Å². The van der Waals surface area contributed by atoms with Gasteiger partial charge in [0.2, 0.25) is 10.0 Å². The molecule has 0 radical (unpaired) electrons. The zero-order chi connectivity index (χ0) is 14.2. The van der Waals surface area contributed by atoms with Crippen molar-refractivity contribution < 1.29 is 18.3 Å². The topological polar surface area (TPSA) is 74.7 Å². The van der Waals surface area contributed by atoms with Gasteiger partial charge in [0.05, 0.1) is 5.02 Å². The summed E-state index contributed by atoms with van der Waals surface area (Å²) in [6.07, 6.45) is 1.38. The van der Waals surface area contributed by atoms with Crippen molar-refractivity contribution in [1.29, 1.82) is 0 Å². The second-order valence-corrected chi connectivity index (χ2v) is 6.88. The Morgan fingerprint density at radius 1 is 1.47 bits per heavy atom. The van der Waals surface area contributed by atoms with Crippen molar-refractivity contribution in [2.45, 2.75) is 30.7 Å². The average molecular weight is 304 g/mol. The number of carbonyl (C=O) groups is 1. The number of benzene rings is 1. The van der Waals surface area contributed by atoms with Gasteiger partial charge in [0.25, 0.3) is 0 Å². The molecule has 0 aliphatic heterocycles. The van der Waals surface area contributed by atoms with Crippen molar-refractivity contribution in [3.63, 3.8) is 0 Å². The van der Waals surface area contributed by atoms with Crippen LogP contribution in [0.2, 0.25) is 5.02 Å². The number of halogens is 1. The van der Waals surface area contributed by atoms with E-state index in [-0.39, 0.29) is 16.0 Å². The van der Waals surface area contributed by atoms with Gasteiger partial charge in [0.1, 0.15) is 11.4 Å². The highest BCUT2D eigenvalue weighted by Gasteiger charge is 2.40. The Hall–Kier alpha value is -1.11. The highest BCUT2D eigenvalue weighted by molar-refractivity contribution is 7.89. The monoisotopic (exact) mass is 303 g/mol. The molecule has 5 nitrogen and oxygen atoms in total. The van der Waals surface area contributed by atoms with Gasteiger partial charge in [-0.25, -0.2) is 8.42 Å². The number of carboxylic acids is 1. The number of sulfonamides is 1. The SMILES string of the molecule is Cc1ccc(S(=O)(=O)N(CC(=O)O)C2CC2)c(Cl)c1. The van der Waals surface area contributed by atoms with Gasteiger partial charge in [0, 0.05) is 6.04 Å². The maximum atomic E-state index is 12.5. The lowest BCUT2D eigenvalue weighted by molar-refractivity contribution is -0.137. The highest BCUT2D eigenvalue weighted by Crippen LogP contribution is 2.34. The first kappa shape index (κ1) is 14.3. The summed E-state index contributed by atoms with van der Waals surface area (Å²) >= 11 is 5.97. The molecule has 0 heterocycles. The van der Waals surface area contributed by atoms with Gasteiger partial charge < -0.3 is 5.11 Å². The summed E-state index contributed by atoms with van der Waals surface area (Å²) < 4.78 is 25.9. The second kappa shape index (κ2) is 5.11. The quantitative estimate of drug-likeness (QED) is 0.901. The molecule has 0 spiro atoms. The van der Waals surface area contributed by atoms with Gasteiger partial charge in [-0.15, -0.1) is 0 Å². The molecule has 1 aromatic rings. The van der Waals surface area contributed by atoms with E-state index in [9.17, 15) is 13.2 Å². The molecule has 1 aromatic carbocycles. The number of hydrogen-bond acceptors (Lipinski definition) is 3. The predicted molar refractivity (Wildman–Crippen MR) is 70.7 cm³/mol. The summed E-state index contributed by atoms with van der Waals surface area (Å²) in [5, 5.41) is 8.97. The van der Waals surface area contributed by atoms with E-state index in [0.29, 0.717) is 12.8 Å². The number of carboxylic acid groups (broad SMARTS) is 1. The van der Waals surface area contributed by atoms with E-state index in [1.165, 1.54) is 6.07 Å². The summed E-state index contributed by atoms with van der Waals surface area (Å²) in [6.45, 7) is 1.27. The zero-order valence-corrected chi connectivity index (χ0v) is 11.9. The molecule has 1 fully saturated rings. The fraction of sp³-hybridized carbons (Fsp3) is 0.417. The molecule has 104 valence electrons. The molecule has 0 unspecified atom stereocenters. The first-order chi connectivity index (χ1) is 8.82. The first-order valence-corrected chi connectivity index (χ1v) is 7.64. The maximum absolute atomic E-state index is 12.5. The van der Waals surface area contributed by atoms with Crippen LogP contribution in [0.25, 0.3) is 0 Å². The molecule has 0 amide bonds. The largest absolute Gasteiger partial charge is 0.480 e. The molecule has 1 aliphatic rings. The van der Waals surface area contributed by atoms with Crippen LogP contribution in [0, 0.1) is 6.92 Å². The lowest BCUT2D eigenvalue weighted by atomic mass is 10.2. The van der Waals surface area contributed by atoms with Crippen LogP contribution in [-0.2, 0) is 14.8 Å². The number of aliphatic carboxylic acids is 1. The molecule has 1 saturated carbocycles. The smallest absolute Gasteiger partial charge is 0.318 e. The van der Waals surface area contributed by atoms with Crippen LogP contribution in [0.3, 0.4) is 0 Å². The van der Waals surface area contributed by atoms with Crippen molar-refractivity contribution in [2.75, 3.05) is 6.54 Å². The summed E-state index contributed by atoms with van der Waals surface area (Å²) in [7, 11) is -3.86. The van der Waals surface area contributed by atoms with Gasteiger partial charge in [-0.1, -0.05) is 17.7 Å². The van der Waals surface area contributed by atoms with Crippen LogP contribution < -0.4 is 0 Å². The van der Waals surface area contributed by atoms with Crippen molar-refractivity contribution in [3.05, 3.63) is 28.8 Å². The van der Waals surface area contributed by atoms with Crippen LogP contribution in [0.5, 0.6) is 0 Å². The van der Waals surface area contributed by atoms with Gasteiger partial charge >= 0.3 is 5.97 Å². The fourth-order valence-corrected chi connectivity index (χ4v) is 4.06. The molecule has 19 heavy (non-hydrogen) atoms. The molecule has 0 aromatic heterocycles. The van der Waals surface area contributed by atoms with E-state index in [2.05, 4.69) is 0 Å². The lowest BCUT2D eigenvalue weighted by Gasteiger charge is -2.20. The minimum Gasteiger partial charge on any atom is -0.480 e. The Labute approximate surface area is 116 Å². The molecule has 2 rings (SSSR count). The van der Waals surface area contributed by atoms with E-state index in [0.717, 1.165) is 9.87 Å². The van der Waals surface area contributed by atoms with Gasteiger partial charge in [-0.05, 0) is 37.5 Å². The van der Waals surface area contributed by atoms with E-state index in [1.54, 1.807) is 19.1 Å². The number of rotatable bonds is 5. The van der Waals surface area contributed by atoms with Crippen molar-refractivity contribution in [1.82, 2.24) is 4.31 Å². The van der Waals surface area contributed by atoms with Crippen LogP contribution in [0.4, 0.5) is 0 Å². The Bertz CT molecular complexity index is 610. The Kier molecular flexibility index (Phi) is 3.85. The molecule has 1 N–H and O–H groups in total. The molecule has 1 aliphatic carbocycles. The minimum absolute atomic E-state index is 0.0343. The third-order valence-corrected chi connectivity index (χ3v) is 5.30. The highest BCUT2D eigenvalue weighted by atomic mass is 35.5. The third-order valence-electron chi connectivity index (χ3n) is 2.92. The third kappa shape index (κ3) is 3.08. The van der Waals surface area contributed by atoms with Crippen LogP contribution in [-0.4, -0.2) is 36.4 Å². The molecule has 7 heteroatoms. The summed E-state index contributed by atoms with van der Waals surface area (Å²) in [5.41, 5.74) is 0.847. The predicted octanol–water partition coefficient (Wildman–Crippen LogP) is 1.89. The molecular weight excluding hydrogens is 290 g/mol.